The summed E-state index contributed by atoms with van der Waals surface area (Å²) in [5.41, 5.74) is 0.0656. The number of halogens is 1. The van der Waals surface area contributed by atoms with Crippen molar-refractivity contribution in [3.63, 3.8) is 0 Å². The van der Waals surface area contributed by atoms with Crippen molar-refractivity contribution in [3.05, 3.63) is 53.6 Å². The molecule has 0 fully saturated rings. The smallest absolute Gasteiger partial charge is 0.259 e. The summed E-state index contributed by atoms with van der Waals surface area (Å²) in [5, 5.41) is 3.27. The lowest BCUT2D eigenvalue weighted by atomic mass is 10.1. The second kappa shape index (κ2) is 9.48. The monoisotopic (exact) mass is 496 g/mol. The molecule has 0 aliphatic rings. The van der Waals surface area contributed by atoms with Crippen LogP contribution in [0.2, 0.25) is 0 Å². The lowest BCUT2D eigenvalue weighted by molar-refractivity contribution is 0.102. The fourth-order valence-electron chi connectivity index (χ4n) is 3.50. The minimum Gasteiger partial charge on any atom is -0.346 e. The molecule has 0 unspecified atom stereocenters. The van der Waals surface area contributed by atoms with Crippen molar-refractivity contribution < 1.29 is 26.0 Å². The highest BCUT2D eigenvalue weighted by molar-refractivity contribution is 8.10. The largest absolute Gasteiger partial charge is 0.346 e. The SMILES string of the molecule is CCCS(=O)(=O)N(c1ccc(F)c(C(=O)Nc2cnc3[nH]ccc3c2)c1C)S(=O)(=O)CCC. The molecule has 0 aliphatic heterocycles. The molecule has 178 valence electrons. The molecule has 33 heavy (non-hydrogen) atoms. The summed E-state index contributed by atoms with van der Waals surface area (Å²) >= 11 is 0. The minimum atomic E-state index is -4.28. The van der Waals surface area contributed by atoms with E-state index in [2.05, 4.69) is 15.3 Å². The fourth-order valence-corrected chi connectivity index (χ4v) is 7.69. The summed E-state index contributed by atoms with van der Waals surface area (Å²) in [6.45, 7) is 4.53. The number of pyridine rings is 1. The van der Waals surface area contributed by atoms with E-state index >= 15 is 0 Å². The van der Waals surface area contributed by atoms with Crippen LogP contribution in [-0.2, 0) is 20.0 Å². The van der Waals surface area contributed by atoms with Gasteiger partial charge in [0.25, 0.3) is 5.91 Å². The number of carbonyl (C=O) groups excluding carboxylic acids is 1. The normalized spacial score (nSPS) is 12.1. The van der Waals surface area contributed by atoms with Crippen molar-refractivity contribution in [2.75, 3.05) is 20.5 Å². The molecule has 2 heterocycles. The number of H-pyrrole nitrogens is 1. The third kappa shape index (κ3) is 5.01. The van der Waals surface area contributed by atoms with E-state index < -0.39 is 48.8 Å². The zero-order valence-corrected chi connectivity index (χ0v) is 20.1. The maximum absolute atomic E-state index is 14.7. The van der Waals surface area contributed by atoms with Crippen LogP contribution in [0.3, 0.4) is 0 Å². The van der Waals surface area contributed by atoms with Gasteiger partial charge in [-0.3, -0.25) is 4.79 Å². The van der Waals surface area contributed by atoms with Crippen molar-refractivity contribution in [2.45, 2.75) is 33.6 Å². The van der Waals surface area contributed by atoms with Crippen LogP contribution in [0.15, 0.2) is 36.7 Å². The van der Waals surface area contributed by atoms with Crippen LogP contribution in [0, 0.1) is 12.7 Å². The summed E-state index contributed by atoms with van der Waals surface area (Å²) in [6.07, 6.45) is 3.43. The molecule has 12 heteroatoms. The molecule has 0 spiro atoms. The first-order valence-electron chi connectivity index (χ1n) is 10.3. The highest BCUT2D eigenvalue weighted by Gasteiger charge is 2.35. The Balaban J connectivity index is 2.09. The molecule has 2 aromatic heterocycles. The van der Waals surface area contributed by atoms with Gasteiger partial charge >= 0.3 is 0 Å². The van der Waals surface area contributed by atoms with Crippen molar-refractivity contribution in [1.29, 1.82) is 0 Å². The number of nitrogens with one attached hydrogen (secondary N) is 2. The predicted octanol–water partition coefficient (Wildman–Crippen LogP) is 3.55. The molecular weight excluding hydrogens is 471 g/mol. The van der Waals surface area contributed by atoms with Gasteiger partial charge in [-0.15, -0.1) is 0 Å². The van der Waals surface area contributed by atoms with E-state index in [0.29, 0.717) is 15.0 Å². The van der Waals surface area contributed by atoms with Crippen molar-refractivity contribution in [2.24, 2.45) is 0 Å². The van der Waals surface area contributed by atoms with Crippen LogP contribution in [0.25, 0.3) is 11.0 Å². The summed E-state index contributed by atoms with van der Waals surface area (Å²) in [7, 11) is -8.56. The zero-order valence-electron chi connectivity index (χ0n) is 18.4. The average molecular weight is 497 g/mol. The van der Waals surface area contributed by atoms with Gasteiger partial charge in [-0.2, -0.15) is 3.71 Å². The average Bonchev–Trinajstić information content (AvgIpc) is 3.17. The van der Waals surface area contributed by atoms with Gasteiger partial charge in [0.05, 0.1) is 34.6 Å². The molecule has 0 atom stereocenters. The van der Waals surface area contributed by atoms with Crippen molar-refractivity contribution in [3.8, 4) is 0 Å². The van der Waals surface area contributed by atoms with Gasteiger partial charge < -0.3 is 10.3 Å². The highest BCUT2D eigenvalue weighted by atomic mass is 32.3. The van der Waals surface area contributed by atoms with Crippen LogP contribution >= 0.6 is 0 Å². The van der Waals surface area contributed by atoms with Gasteiger partial charge in [0.1, 0.15) is 11.5 Å². The number of nitrogens with zero attached hydrogens (tertiary/aromatic N) is 2. The van der Waals surface area contributed by atoms with E-state index in [0.717, 1.165) is 17.5 Å². The van der Waals surface area contributed by atoms with Crippen LogP contribution in [0.1, 0.15) is 42.6 Å². The number of carbonyl (C=O) groups is 1. The number of aromatic nitrogens is 2. The van der Waals surface area contributed by atoms with E-state index in [-0.39, 0.29) is 24.1 Å². The lowest BCUT2D eigenvalue weighted by Crippen LogP contribution is -2.40. The second-order valence-corrected chi connectivity index (χ2v) is 11.6. The standard InChI is InChI=1S/C21H25FN4O5S2/c1-4-10-32(28,29)26(33(30,31)11-5-2)18-7-6-17(22)19(14(18)3)21(27)25-16-12-15-8-9-23-20(15)24-13-16/h6-9,12-13H,4-5,10-11H2,1-3H3,(H,23,24)(H,25,27). The summed E-state index contributed by atoms with van der Waals surface area (Å²) < 4.78 is 66.7. The van der Waals surface area contributed by atoms with Gasteiger partial charge in [-0.25, -0.2) is 26.2 Å². The Labute approximate surface area is 192 Å². The number of rotatable bonds is 9. The fraction of sp³-hybridized carbons (Fsp3) is 0.333. The second-order valence-electron chi connectivity index (χ2n) is 7.49. The van der Waals surface area contributed by atoms with Gasteiger partial charge in [0.15, 0.2) is 0 Å². The Morgan fingerprint density at radius 1 is 1.09 bits per heavy atom. The summed E-state index contributed by atoms with van der Waals surface area (Å²) in [5.74, 6) is -2.61. The summed E-state index contributed by atoms with van der Waals surface area (Å²) in [4.78, 5) is 20.0. The third-order valence-corrected chi connectivity index (χ3v) is 9.51. The first kappa shape index (κ1) is 24.6. The van der Waals surface area contributed by atoms with E-state index in [4.69, 9.17) is 0 Å². The number of sulfonamides is 2. The zero-order chi connectivity index (χ0) is 24.4. The lowest BCUT2D eigenvalue weighted by Gasteiger charge is -2.26. The van der Waals surface area contributed by atoms with Gasteiger partial charge in [0, 0.05) is 11.6 Å². The molecule has 0 radical (unpaired) electrons. The Morgan fingerprint density at radius 3 is 2.33 bits per heavy atom. The Kier molecular flexibility index (Phi) is 7.08. The summed E-state index contributed by atoms with van der Waals surface area (Å²) in [6, 6.07) is 5.34. The topological polar surface area (TPSA) is 129 Å². The van der Waals surface area contributed by atoms with Crippen LogP contribution in [0.5, 0.6) is 0 Å². The Hall–Kier alpha value is -2.99. The number of anilines is 2. The van der Waals surface area contributed by atoms with Crippen LogP contribution in [0.4, 0.5) is 15.8 Å². The number of hydrogen-bond donors (Lipinski definition) is 2. The molecular formula is C21H25FN4O5S2. The third-order valence-electron chi connectivity index (χ3n) is 4.90. The maximum Gasteiger partial charge on any atom is 0.259 e. The predicted molar refractivity (Wildman–Crippen MR) is 126 cm³/mol. The quantitative estimate of drug-likeness (QED) is 0.466. The number of hydrogen-bond acceptors (Lipinski definition) is 6. The van der Waals surface area contributed by atoms with Gasteiger partial charge in [-0.1, -0.05) is 13.8 Å². The van der Waals surface area contributed by atoms with Crippen molar-refractivity contribution >= 4 is 48.4 Å². The number of aromatic amines is 1. The maximum atomic E-state index is 14.7. The Morgan fingerprint density at radius 2 is 1.73 bits per heavy atom. The minimum absolute atomic E-state index is 0.109. The van der Waals surface area contributed by atoms with Crippen LogP contribution in [-0.4, -0.2) is 44.2 Å². The van der Waals surface area contributed by atoms with E-state index in [1.807, 2.05) is 0 Å². The molecule has 1 amide bonds. The van der Waals surface area contributed by atoms with Gasteiger partial charge in [-0.05, 0) is 49.6 Å². The van der Waals surface area contributed by atoms with E-state index in [9.17, 15) is 26.0 Å². The molecule has 3 rings (SSSR count). The van der Waals surface area contributed by atoms with Crippen LogP contribution < -0.4 is 9.03 Å². The molecule has 9 nitrogen and oxygen atoms in total. The first-order chi connectivity index (χ1) is 15.5. The van der Waals surface area contributed by atoms with E-state index in [1.165, 1.54) is 13.1 Å². The van der Waals surface area contributed by atoms with E-state index in [1.54, 1.807) is 32.2 Å². The molecule has 0 bridgehead atoms. The molecule has 3 aromatic rings. The van der Waals surface area contributed by atoms with Gasteiger partial charge in [0.2, 0.25) is 20.0 Å². The molecule has 0 saturated carbocycles. The molecule has 2 N–H and O–H groups in total. The molecule has 1 aromatic carbocycles. The first-order valence-corrected chi connectivity index (χ1v) is 13.5. The highest BCUT2D eigenvalue weighted by Crippen LogP contribution is 2.31. The number of fused-ring (bicyclic) bond motifs is 1. The van der Waals surface area contributed by atoms with Crippen molar-refractivity contribution in [1.82, 2.24) is 9.97 Å². The Bertz CT molecular complexity index is 1370. The molecule has 0 saturated heterocycles. The number of amides is 1. The number of benzene rings is 1. The molecule has 0 aliphatic carbocycles.